The highest BCUT2D eigenvalue weighted by Crippen LogP contribution is 2.26. The molecule has 7 heteroatoms. The summed E-state index contributed by atoms with van der Waals surface area (Å²) in [5.74, 6) is 0.768. The first-order valence-corrected chi connectivity index (χ1v) is 10.0. The van der Waals surface area contributed by atoms with Crippen molar-refractivity contribution in [3.05, 3.63) is 17.5 Å². The summed E-state index contributed by atoms with van der Waals surface area (Å²) in [6.45, 7) is 3.80. The lowest BCUT2D eigenvalue weighted by atomic mass is 9.88. The van der Waals surface area contributed by atoms with Gasteiger partial charge in [-0.25, -0.2) is 0 Å². The zero-order chi connectivity index (χ0) is 17.9. The van der Waals surface area contributed by atoms with Crippen LogP contribution in [-0.4, -0.2) is 64.0 Å². The molecule has 0 spiro atoms. The van der Waals surface area contributed by atoms with Gasteiger partial charge in [0.05, 0.1) is 18.7 Å². The molecular weight excluding hydrogens is 330 g/mol. The van der Waals surface area contributed by atoms with Crippen molar-refractivity contribution in [3.63, 3.8) is 0 Å². The predicted molar refractivity (Wildman–Crippen MR) is 97.3 cm³/mol. The van der Waals surface area contributed by atoms with Crippen LogP contribution in [0.1, 0.15) is 49.8 Å². The second kappa shape index (κ2) is 7.78. The second-order valence-corrected chi connectivity index (χ2v) is 7.95. The molecule has 26 heavy (non-hydrogen) atoms. The molecule has 7 nitrogen and oxygen atoms in total. The quantitative estimate of drug-likeness (QED) is 0.842. The Bertz CT molecular complexity index is 652. The zero-order valence-electron chi connectivity index (χ0n) is 15.4. The third-order valence-corrected chi connectivity index (χ3v) is 6.18. The lowest BCUT2D eigenvalue weighted by molar-refractivity contribution is -0.139. The summed E-state index contributed by atoms with van der Waals surface area (Å²) in [6, 6.07) is -0.316. The number of fused-ring (bicyclic) bond motifs is 1. The van der Waals surface area contributed by atoms with E-state index in [1.165, 1.54) is 32.1 Å². The smallest absolute Gasteiger partial charge is 0.237 e. The van der Waals surface area contributed by atoms with Crippen molar-refractivity contribution >= 4 is 11.8 Å². The standard InChI is InChI=1S/C19H29N5O2/c25-18(24-8-6-16-15(13-24)11-21-22-16)10-17-19(26)20-7-9-23(17)12-14-4-2-1-3-5-14/h11,14,17H,1-10,12-13H2,(H,20,26)(H,21,22)/t17-/m0/s1. The molecule has 3 aliphatic rings. The van der Waals surface area contributed by atoms with Crippen LogP contribution in [0.25, 0.3) is 0 Å². The molecule has 1 aliphatic carbocycles. The van der Waals surface area contributed by atoms with Crippen LogP contribution in [0.15, 0.2) is 6.20 Å². The summed E-state index contributed by atoms with van der Waals surface area (Å²) >= 11 is 0. The first-order chi connectivity index (χ1) is 12.7. The number of carbonyl (C=O) groups excluding carboxylic acids is 2. The molecule has 1 aromatic rings. The molecule has 0 unspecified atom stereocenters. The number of amides is 2. The summed E-state index contributed by atoms with van der Waals surface area (Å²) in [5, 5.41) is 10.0. The summed E-state index contributed by atoms with van der Waals surface area (Å²) in [7, 11) is 0. The third-order valence-electron chi connectivity index (χ3n) is 6.18. The minimum atomic E-state index is -0.316. The number of hydrogen-bond acceptors (Lipinski definition) is 4. The zero-order valence-corrected chi connectivity index (χ0v) is 15.4. The maximum absolute atomic E-state index is 12.9. The maximum Gasteiger partial charge on any atom is 0.237 e. The average Bonchev–Trinajstić information content (AvgIpc) is 3.13. The van der Waals surface area contributed by atoms with Crippen molar-refractivity contribution in [2.45, 2.75) is 57.5 Å². The van der Waals surface area contributed by atoms with Gasteiger partial charge in [0.2, 0.25) is 11.8 Å². The van der Waals surface area contributed by atoms with Crippen molar-refractivity contribution in [1.82, 2.24) is 25.3 Å². The Morgan fingerprint density at radius 2 is 2.08 bits per heavy atom. The van der Waals surface area contributed by atoms with E-state index in [1.807, 2.05) is 4.90 Å². The van der Waals surface area contributed by atoms with Crippen molar-refractivity contribution in [2.75, 3.05) is 26.2 Å². The van der Waals surface area contributed by atoms with Crippen LogP contribution in [0.2, 0.25) is 0 Å². The van der Waals surface area contributed by atoms with Crippen LogP contribution >= 0.6 is 0 Å². The number of aromatic amines is 1. The third kappa shape index (κ3) is 3.77. The van der Waals surface area contributed by atoms with E-state index in [1.54, 1.807) is 6.20 Å². The summed E-state index contributed by atoms with van der Waals surface area (Å²) in [6.07, 6.45) is 9.35. The van der Waals surface area contributed by atoms with E-state index in [9.17, 15) is 9.59 Å². The van der Waals surface area contributed by atoms with Gasteiger partial charge in [0, 0.05) is 50.4 Å². The number of aromatic nitrogens is 2. The number of nitrogens with one attached hydrogen (secondary N) is 2. The van der Waals surface area contributed by atoms with Gasteiger partial charge in [-0.1, -0.05) is 19.3 Å². The highest BCUT2D eigenvalue weighted by molar-refractivity contribution is 5.89. The van der Waals surface area contributed by atoms with E-state index in [0.29, 0.717) is 25.6 Å². The lowest BCUT2D eigenvalue weighted by Crippen LogP contribution is -2.57. The topological polar surface area (TPSA) is 81.3 Å². The maximum atomic E-state index is 12.9. The monoisotopic (exact) mass is 359 g/mol. The lowest BCUT2D eigenvalue weighted by Gasteiger charge is -2.38. The molecule has 2 aliphatic heterocycles. The molecule has 2 fully saturated rings. The van der Waals surface area contributed by atoms with Gasteiger partial charge < -0.3 is 10.2 Å². The van der Waals surface area contributed by atoms with Crippen LogP contribution in [0.5, 0.6) is 0 Å². The van der Waals surface area contributed by atoms with Crippen molar-refractivity contribution in [1.29, 1.82) is 0 Å². The fourth-order valence-corrected chi connectivity index (χ4v) is 4.63. The molecular formula is C19H29N5O2. The Morgan fingerprint density at radius 1 is 1.23 bits per heavy atom. The summed E-state index contributed by atoms with van der Waals surface area (Å²) in [4.78, 5) is 29.5. The number of H-pyrrole nitrogens is 1. The number of piperazine rings is 1. The van der Waals surface area contributed by atoms with E-state index in [2.05, 4.69) is 20.4 Å². The number of carbonyl (C=O) groups is 2. The fraction of sp³-hybridized carbons (Fsp3) is 0.737. The van der Waals surface area contributed by atoms with E-state index in [4.69, 9.17) is 0 Å². The van der Waals surface area contributed by atoms with Gasteiger partial charge in [0.1, 0.15) is 0 Å². The molecule has 142 valence electrons. The fourth-order valence-electron chi connectivity index (χ4n) is 4.63. The van der Waals surface area contributed by atoms with Crippen LogP contribution in [0, 0.1) is 5.92 Å². The minimum absolute atomic E-state index is 0.0152. The Morgan fingerprint density at radius 3 is 2.92 bits per heavy atom. The summed E-state index contributed by atoms with van der Waals surface area (Å²) in [5.41, 5.74) is 2.22. The highest BCUT2D eigenvalue weighted by atomic mass is 16.2. The average molecular weight is 359 g/mol. The number of hydrogen-bond donors (Lipinski definition) is 2. The molecule has 1 atom stereocenters. The Hall–Kier alpha value is -1.89. The van der Waals surface area contributed by atoms with E-state index in [0.717, 1.165) is 30.8 Å². The van der Waals surface area contributed by atoms with E-state index >= 15 is 0 Å². The van der Waals surface area contributed by atoms with Gasteiger partial charge in [-0.05, 0) is 18.8 Å². The minimum Gasteiger partial charge on any atom is -0.353 e. The van der Waals surface area contributed by atoms with Crippen LogP contribution < -0.4 is 5.32 Å². The van der Waals surface area contributed by atoms with Crippen molar-refractivity contribution in [2.24, 2.45) is 5.92 Å². The normalized spacial score (nSPS) is 25.0. The largest absolute Gasteiger partial charge is 0.353 e. The van der Waals surface area contributed by atoms with Gasteiger partial charge >= 0.3 is 0 Å². The molecule has 0 aromatic carbocycles. The molecule has 2 amide bonds. The first-order valence-electron chi connectivity index (χ1n) is 10.0. The van der Waals surface area contributed by atoms with E-state index < -0.39 is 0 Å². The molecule has 2 N–H and O–H groups in total. The van der Waals surface area contributed by atoms with Crippen molar-refractivity contribution < 1.29 is 9.59 Å². The predicted octanol–water partition coefficient (Wildman–Crippen LogP) is 1.07. The van der Waals surface area contributed by atoms with Gasteiger partial charge in [-0.2, -0.15) is 5.10 Å². The van der Waals surface area contributed by atoms with Crippen molar-refractivity contribution in [3.8, 4) is 0 Å². The van der Waals surface area contributed by atoms with Gasteiger partial charge in [-0.15, -0.1) is 0 Å². The van der Waals surface area contributed by atoms with Gasteiger partial charge in [0.15, 0.2) is 0 Å². The number of nitrogens with zero attached hydrogens (tertiary/aromatic N) is 3. The van der Waals surface area contributed by atoms with Crippen LogP contribution in [0.4, 0.5) is 0 Å². The van der Waals surface area contributed by atoms with Gasteiger partial charge in [-0.3, -0.25) is 19.6 Å². The number of rotatable bonds is 4. The molecule has 3 heterocycles. The van der Waals surface area contributed by atoms with Crippen LogP contribution in [0.3, 0.4) is 0 Å². The Kier molecular flexibility index (Phi) is 5.24. The Balaban J connectivity index is 1.38. The highest BCUT2D eigenvalue weighted by Gasteiger charge is 2.35. The molecule has 4 rings (SSSR count). The summed E-state index contributed by atoms with van der Waals surface area (Å²) < 4.78 is 0. The molecule has 1 saturated heterocycles. The van der Waals surface area contributed by atoms with E-state index in [-0.39, 0.29) is 24.3 Å². The first kappa shape index (κ1) is 17.5. The van der Waals surface area contributed by atoms with Crippen LogP contribution in [-0.2, 0) is 22.6 Å². The Labute approximate surface area is 154 Å². The molecule has 0 radical (unpaired) electrons. The molecule has 1 saturated carbocycles. The SMILES string of the molecule is O=C1NCCN(CC2CCCCC2)[C@H]1CC(=O)N1CCc2[nH]ncc2C1. The second-order valence-electron chi connectivity index (χ2n) is 7.95. The molecule has 0 bridgehead atoms. The molecule has 1 aromatic heterocycles. The van der Waals surface area contributed by atoms with Gasteiger partial charge in [0.25, 0.3) is 0 Å².